The van der Waals surface area contributed by atoms with Gasteiger partial charge in [-0.3, -0.25) is 14.6 Å². The summed E-state index contributed by atoms with van der Waals surface area (Å²) in [4.78, 5) is 39.9. The van der Waals surface area contributed by atoms with E-state index in [4.69, 9.17) is 16.3 Å². The van der Waals surface area contributed by atoms with Crippen LogP contribution in [0.1, 0.15) is 5.56 Å². The average Bonchev–Trinajstić information content (AvgIpc) is 3.22. The lowest BCUT2D eigenvalue weighted by atomic mass is 9.98. The summed E-state index contributed by atoms with van der Waals surface area (Å²) in [6.45, 7) is 1.73. The summed E-state index contributed by atoms with van der Waals surface area (Å²) in [6.07, 6.45) is 0. The molecule has 7 nitrogen and oxygen atoms in total. The molecule has 8 heteroatoms. The maximum atomic E-state index is 13.3. The highest BCUT2D eigenvalue weighted by atomic mass is 35.5. The highest BCUT2D eigenvalue weighted by Crippen LogP contribution is 2.39. The third kappa shape index (κ3) is 2.58. The van der Waals surface area contributed by atoms with Crippen molar-refractivity contribution in [1.29, 1.82) is 0 Å². The van der Waals surface area contributed by atoms with Crippen LogP contribution in [0.25, 0.3) is 0 Å². The Morgan fingerprint density at radius 3 is 2.46 bits per heavy atom. The molecule has 0 radical (unpaired) electrons. The molecule has 142 valence electrons. The first-order chi connectivity index (χ1) is 13.5. The van der Waals surface area contributed by atoms with Gasteiger partial charge in [0.2, 0.25) is 5.91 Å². The molecule has 0 saturated carbocycles. The highest BCUT2D eigenvalue weighted by Gasteiger charge is 2.59. The van der Waals surface area contributed by atoms with E-state index in [1.54, 1.807) is 49.4 Å². The van der Waals surface area contributed by atoms with Crippen molar-refractivity contribution in [3.05, 3.63) is 59.1 Å². The average molecular weight is 398 g/mol. The second-order valence-corrected chi connectivity index (χ2v) is 6.88. The molecule has 2 aliphatic rings. The minimum absolute atomic E-state index is 0.0862. The maximum absolute atomic E-state index is 13.3. The number of nitrogens with zero attached hydrogens (tertiary/aromatic N) is 3. The van der Waals surface area contributed by atoms with Crippen molar-refractivity contribution in [2.45, 2.75) is 13.0 Å². The third-order valence-corrected chi connectivity index (χ3v) is 5.35. The Labute approximate surface area is 166 Å². The molecular weight excluding hydrogens is 382 g/mol. The Morgan fingerprint density at radius 1 is 1.07 bits per heavy atom. The molecule has 1 fully saturated rings. The Balaban J connectivity index is 1.84. The van der Waals surface area contributed by atoms with Crippen LogP contribution in [0, 0.1) is 12.8 Å². The number of imide groups is 1. The molecule has 0 N–H and O–H groups in total. The number of halogens is 1. The number of para-hydroxylation sites is 1. The Bertz CT molecular complexity index is 1020. The van der Waals surface area contributed by atoms with Gasteiger partial charge in [-0.25, -0.2) is 9.69 Å². The van der Waals surface area contributed by atoms with E-state index in [2.05, 4.69) is 5.10 Å². The summed E-state index contributed by atoms with van der Waals surface area (Å²) < 4.78 is 4.79. The number of amides is 2. The zero-order valence-corrected chi connectivity index (χ0v) is 15.9. The number of ether oxygens (including phenoxy) is 1. The van der Waals surface area contributed by atoms with Crippen molar-refractivity contribution in [2.75, 3.05) is 17.0 Å². The van der Waals surface area contributed by atoms with Crippen LogP contribution in [0.4, 0.5) is 11.4 Å². The fourth-order valence-electron chi connectivity index (χ4n) is 3.56. The minimum Gasteiger partial charge on any atom is -0.464 e. The molecule has 2 aromatic rings. The molecular formula is C20H16ClN3O4. The number of methoxy groups -OCH3 is 1. The summed E-state index contributed by atoms with van der Waals surface area (Å²) in [5.74, 6) is -2.77. The van der Waals surface area contributed by atoms with Crippen molar-refractivity contribution >= 4 is 46.5 Å². The number of carbonyl (C=O) groups is 3. The van der Waals surface area contributed by atoms with Gasteiger partial charge in [-0.15, -0.1) is 0 Å². The Kier molecular flexibility index (Phi) is 4.39. The van der Waals surface area contributed by atoms with Gasteiger partial charge in [0.15, 0.2) is 5.71 Å². The highest BCUT2D eigenvalue weighted by molar-refractivity contribution is 6.47. The first-order valence-electron chi connectivity index (χ1n) is 8.59. The molecule has 0 spiro atoms. The fraction of sp³-hybridized carbons (Fsp3) is 0.200. The van der Waals surface area contributed by atoms with E-state index in [-0.39, 0.29) is 5.71 Å². The van der Waals surface area contributed by atoms with Gasteiger partial charge >= 0.3 is 5.97 Å². The molecule has 2 atom stereocenters. The summed E-state index contributed by atoms with van der Waals surface area (Å²) in [5.41, 5.74) is 1.52. The zero-order chi connectivity index (χ0) is 20.0. The third-order valence-electron chi connectivity index (χ3n) is 4.94. The van der Waals surface area contributed by atoms with Gasteiger partial charge in [0.1, 0.15) is 12.0 Å². The number of esters is 1. The van der Waals surface area contributed by atoms with E-state index in [0.29, 0.717) is 22.0 Å². The maximum Gasteiger partial charge on any atom is 0.355 e. The Hall–Kier alpha value is -3.19. The number of hydrazone groups is 1. The number of carbonyl (C=O) groups excluding carboxylic acids is 3. The van der Waals surface area contributed by atoms with Crippen LogP contribution in [0.15, 0.2) is 53.6 Å². The summed E-state index contributed by atoms with van der Waals surface area (Å²) >= 11 is 6.18. The van der Waals surface area contributed by atoms with Gasteiger partial charge < -0.3 is 4.74 Å². The fourth-order valence-corrected chi connectivity index (χ4v) is 3.73. The number of anilines is 2. The molecule has 2 amide bonds. The van der Waals surface area contributed by atoms with Gasteiger partial charge in [-0.2, -0.15) is 5.10 Å². The minimum atomic E-state index is -1.04. The summed E-state index contributed by atoms with van der Waals surface area (Å²) in [7, 11) is 1.21. The number of rotatable bonds is 3. The van der Waals surface area contributed by atoms with Crippen molar-refractivity contribution < 1.29 is 19.1 Å². The van der Waals surface area contributed by atoms with Crippen LogP contribution >= 0.6 is 11.6 Å². The largest absolute Gasteiger partial charge is 0.464 e. The van der Waals surface area contributed by atoms with E-state index < -0.39 is 29.7 Å². The number of fused-ring (bicyclic) bond motifs is 1. The Morgan fingerprint density at radius 2 is 1.79 bits per heavy atom. The van der Waals surface area contributed by atoms with Crippen LogP contribution in [0.5, 0.6) is 0 Å². The van der Waals surface area contributed by atoms with E-state index in [1.165, 1.54) is 12.1 Å². The first kappa shape index (κ1) is 18.2. The molecule has 2 aromatic carbocycles. The van der Waals surface area contributed by atoms with Crippen molar-refractivity contribution in [1.82, 2.24) is 0 Å². The van der Waals surface area contributed by atoms with E-state index >= 15 is 0 Å². The molecule has 28 heavy (non-hydrogen) atoms. The lowest BCUT2D eigenvalue weighted by molar-refractivity contribution is -0.133. The van der Waals surface area contributed by atoms with Crippen molar-refractivity contribution in [3.63, 3.8) is 0 Å². The molecule has 2 heterocycles. The summed E-state index contributed by atoms with van der Waals surface area (Å²) in [5, 5.41) is 6.12. The molecule has 0 aliphatic carbocycles. The van der Waals surface area contributed by atoms with E-state index in [1.807, 2.05) is 6.07 Å². The van der Waals surface area contributed by atoms with Crippen LogP contribution in [0.2, 0.25) is 5.02 Å². The monoisotopic (exact) mass is 397 g/mol. The van der Waals surface area contributed by atoms with Crippen LogP contribution in [-0.2, 0) is 19.1 Å². The van der Waals surface area contributed by atoms with Crippen molar-refractivity contribution in [2.24, 2.45) is 11.0 Å². The first-order valence-corrected chi connectivity index (χ1v) is 8.97. The van der Waals surface area contributed by atoms with Crippen LogP contribution < -0.4 is 9.91 Å². The van der Waals surface area contributed by atoms with Crippen LogP contribution in [-0.4, -0.2) is 36.6 Å². The lowest BCUT2D eigenvalue weighted by Crippen LogP contribution is -2.39. The quantitative estimate of drug-likeness (QED) is 0.587. The topological polar surface area (TPSA) is 79.3 Å². The molecule has 2 aliphatic heterocycles. The number of benzene rings is 2. The molecule has 0 aromatic heterocycles. The smallest absolute Gasteiger partial charge is 0.355 e. The van der Waals surface area contributed by atoms with E-state index in [0.717, 1.165) is 4.90 Å². The second kappa shape index (κ2) is 6.76. The lowest BCUT2D eigenvalue weighted by Gasteiger charge is -2.23. The molecule has 0 bridgehead atoms. The van der Waals surface area contributed by atoms with Gasteiger partial charge in [0, 0.05) is 5.02 Å². The SMILES string of the molecule is COC(=O)C1=NN(c2ccccc2)[C@@H]2C(=O)N(c3cccc(Cl)c3C)C(=O)[C@H]12. The normalized spacial score (nSPS) is 21.0. The number of hydrogen-bond donors (Lipinski definition) is 0. The van der Waals surface area contributed by atoms with Gasteiger partial charge in [0.25, 0.3) is 5.91 Å². The van der Waals surface area contributed by atoms with Gasteiger partial charge in [-0.1, -0.05) is 35.9 Å². The number of hydrogen-bond acceptors (Lipinski definition) is 6. The molecule has 4 rings (SSSR count). The second-order valence-electron chi connectivity index (χ2n) is 6.48. The van der Waals surface area contributed by atoms with Gasteiger partial charge in [0.05, 0.1) is 18.5 Å². The summed E-state index contributed by atoms with van der Waals surface area (Å²) in [6, 6.07) is 13.0. The zero-order valence-electron chi connectivity index (χ0n) is 15.1. The molecule has 0 unspecified atom stereocenters. The van der Waals surface area contributed by atoms with Gasteiger partial charge in [-0.05, 0) is 36.8 Å². The predicted octanol–water partition coefficient (Wildman–Crippen LogP) is 2.56. The van der Waals surface area contributed by atoms with Crippen LogP contribution in [0.3, 0.4) is 0 Å². The van der Waals surface area contributed by atoms with E-state index in [9.17, 15) is 14.4 Å². The standard InChI is InChI=1S/C20H16ClN3O4/c1-11-13(21)9-6-10-14(11)23-18(25)15-16(20(27)28-2)22-24(17(15)19(23)26)12-7-4-3-5-8-12/h3-10,15,17H,1-2H3/t15-,17+/m1/s1. The predicted molar refractivity (Wildman–Crippen MR) is 104 cm³/mol. The molecule has 1 saturated heterocycles. The van der Waals surface area contributed by atoms with Crippen molar-refractivity contribution in [3.8, 4) is 0 Å².